The maximum Gasteiger partial charge on any atom is -0.0276 e. The first-order valence-electron chi connectivity index (χ1n) is 11.3. The van der Waals surface area contributed by atoms with E-state index >= 15 is 0 Å². The van der Waals surface area contributed by atoms with Crippen molar-refractivity contribution in [2.45, 2.75) is 97.3 Å². The molecule has 1 aromatic rings. The molecule has 0 amide bonds. The molecule has 0 atom stereocenters. The van der Waals surface area contributed by atoms with E-state index in [0.29, 0.717) is 0 Å². The molecule has 3 rings (SSSR count). The van der Waals surface area contributed by atoms with Crippen LogP contribution in [-0.2, 0) is 6.42 Å². The van der Waals surface area contributed by atoms with E-state index < -0.39 is 0 Å². The smallest absolute Gasteiger partial charge is 0.0276 e. The van der Waals surface area contributed by atoms with Crippen LogP contribution in [0.2, 0.25) is 0 Å². The van der Waals surface area contributed by atoms with Crippen LogP contribution in [0.25, 0.3) is 0 Å². The minimum absolute atomic E-state index is 0.999. The van der Waals surface area contributed by atoms with Gasteiger partial charge in [-0.2, -0.15) is 0 Å². The Balaban J connectivity index is 1.34. The molecule has 2 saturated carbocycles. The van der Waals surface area contributed by atoms with E-state index in [-0.39, 0.29) is 0 Å². The van der Waals surface area contributed by atoms with Gasteiger partial charge in [-0.25, -0.2) is 0 Å². The number of benzene rings is 1. The van der Waals surface area contributed by atoms with Crippen LogP contribution >= 0.6 is 0 Å². The van der Waals surface area contributed by atoms with Crippen LogP contribution in [0.5, 0.6) is 0 Å². The first-order chi connectivity index (χ1) is 12.2. The zero-order valence-corrected chi connectivity index (χ0v) is 16.8. The quantitative estimate of drug-likeness (QED) is 0.476. The zero-order chi connectivity index (χ0) is 17.5. The van der Waals surface area contributed by atoms with Gasteiger partial charge in [0.2, 0.25) is 0 Å². The van der Waals surface area contributed by atoms with Crippen LogP contribution in [0, 0.1) is 30.6 Å². The molecule has 0 bridgehead atoms. The summed E-state index contributed by atoms with van der Waals surface area (Å²) in [7, 11) is 0. The maximum absolute atomic E-state index is 2.34. The highest BCUT2D eigenvalue weighted by Crippen LogP contribution is 2.43. The highest BCUT2D eigenvalue weighted by atomic mass is 14.4. The largest absolute Gasteiger partial charge is 0.0654 e. The summed E-state index contributed by atoms with van der Waals surface area (Å²) in [6.07, 6.45) is 19.3. The summed E-state index contributed by atoms with van der Waals surface area (Å²) in [5.74, 6) is 4.22. The zero-order valence-electron chi connectivity index (χ0n) is 16.8. The van der Waals surface area contributed by atoms with Gasteiger partial charge >= 0.3 is 0 Å². The summed E-state index contributed by atoms with van der Waals surface area (Å²) >= 11 is 0. The Morgan fingerprint density at radius 3 is 1.76 bits per heavy atom. The van der Waals surface area contributed by atoms with E-state index in [2.05, 4.69) is 38.1 Å². The molecule has 0 heteroatoms. The second-order valence-corrected chi connectivity index (χ2v) is 9.23. The molecule has 0 radical (unpaired) electrons. The lowest BCUT2D eigenvalue weighted by molar-refractivity contribution is 0.140. The summed E-state index contributed by atoms with van der Waals surface area (Å²) < 4.78 is 0. The second kappa shape index (κ2) is 9.79. The molecule has 0 unspecified atom stereocenters. The number of aryl methyl sites for hydroxylation is 2. The van der Waals surface area contributed by atoms with E-state index in [4.69, 9.17) is 0 Å². The second-order valence-electron chi connectivity index (χ2n) is 9.23. The first-order valence-corrected chi connectivity index (χ1v) is 11.3. The number of hydrogen-bond donors (Lipinski definition) is 0. The van der Waals surface area contributed by atoms with Crippen LogP contribution < -0.4 is 0 Å². The van der Waals surface area contributed by atoms with Crippen LogP contribution in [0.15, 0.2) is 24.3 Å². The van der Waals surface area contributed by atoms with Crippen LogP contribution in [-0.4, -0.2) is 0 Å². The Hall–Kier alpha value is -0.780. The molecular formula is C25H40. The molecule has 25 heavy (non-hydrogen) atoms. The third kappa shape index (κ3) is 5.87. The molecule has 0 N–H and O–H groups in total. The first kappa shape index (κ1) is 19.0. The normalized spacial score (nSPS) is 30.3. The molecule has 2 aliphatic rings. The van der Waals surface area contributed by atoms with Gasteiger partial charge in [0, 0.05) is 0 Å². The summed E-state index contributed by atoms with van der Waals surface area (Å²) in [6.45, 7) is 4.52. The number of hydrogen-bond acceptors (Lipinski definition) is 0. The lowest BCUT2D eigenvalue weighted by Crippen LogP contribution is -2.26. The Morgan fingerprint density at radius 2 is 1.24 bits per heavy atom. The molecule has 0 saturated heterocycles. The van der Waals surface area contributed by atoms with E-state index in [1.54, 1.807) is 12.8 Å². The molecule has 0 spiro atoms. The van der Waals surface area contributed by atoms with Crippen molar-refractivity contribution in [2.24, 2.45) is 23.7 Å². The van der Waals surface area contributed by atoms with Gasteiger partial charge in [-0.15, -0.1) is 0 Å². The van der Waals surface area contributed by atoms with Crippen molar-refractivity contribution in [1.82, 2.24) is 0 Å². The fourth-order valence-corrected chi connectivity index (χ4v) is 5.51. The minimum Gasteiger partial charge on any atom is -0.0654 e. The molecule has 0 heterocycles. The standard InChI is InChI=1S/C25H40/c1-3-4-5-21-12-16-24(17-13-21)25-18-14-23(15-19-25)11-10-22-8-6-20(2)7-9-22/h6-9,21,23-25H,3-5,10-19H2,1-2H3. The minimum atomic E-state index is 0.999. The third-order valence-electron chi connectivity index (χ3n) is 7.38. The topological polar surface area (TPSA) is 0 Å². The highest BCUT2D eigenvalue weighted by molar-refractivity contribution is 5.21. The monoisotopic (exact) mass is 340 g/mol. The lowest BCUT2D eigenvalue weighted by Gasteiger charge is -2.38. The van der Waals surface area contributed by atoms with Gasteiger partial charge in [-0.3, -0.25) is 0 Å². The Labute approximate surface area is 156 Å². The Kier molecular flexibility index (Phi) is 7.44. The molecule has 0 aliphatic heterocycles. The summed E-state index contributed by atoms with van der Waals surface area (Å²) in [5.41, 5.74) is 2.92. The Morgan fingerprint density at radius 1 is 0.720 bits per heavy atom. The van der Waals surface area contributed by atoms with Crippen LogP contribution in [0.4, 0.5) is 0 Å². The molecule has 1 aromatic carbocycles. The molecule has 140 valence electrons. The van der Waals surface area contributed by atoms with Crippen molar-refractivity contribution < 1.29 is 0 Å². The number of rotatable bonds is 7. The predicted molar refractivity (Wildman–Crippen MR) is 110 cm³/mol. The van der Waals surface area contributed by atoms with E-state index in [1.807, 2.05) is 0 Å². The molecular weight excluding hydrogens is 300 g/mol. The van der Waals surface area contributed by atoms with Crippen molar-refractivity contribution in [3.63, 3.8) is 0 Å². The average Bonchev–Trinajstić information content (AvgIpc) is 2.67. The van der Waals surface area contributed by atoms with Crippen molar-refractivity contribution in [2.75, 3.05) is 0 Å². The van der Waals surface area contributed by atoms with Gasteiger partial charge in [0.05, 0.1) is 0 Å². The molecule has 2 fully saturated rings. The van der Waals surface area contributed by atoms with Gasteiger partial charge in [0.1, 0.15) is 0 Å². The fourth-order valence-electron chi connectivity index (χ4n) is 5.51. The molecule has 0 aromatic heterocycles. The van der Waals surface area contributed by atoms with E-state index in [1.165, 1.54) is 81.8 Å². The summed E-state index contributed by atoms with van der Waals surface area (Å²) in [6, 6.07) is 9.20. The van der Waals surface area contributed by atoms with Crippen molar-refractivity contribution >= 4 is 0 Å². The molecule has 0 nitrogen and oxygen atoms in total. The summed E-state index contributed by atoms with van der Waals surface area (Å²) in [4.78, 5) is 0. The van der Waals surface area contributed by atoms with Crippen molar-refractivity contribution in [3.8, 4) is 0 Å². The van der Waals surface area contributed by atoms with E-state index in [0.717, 1.165) is 23.7 Å². The van der Waals surface area contributed by atoms with Gasteiger partial charge < -0.3 is 0 Å². The van der Waals surface area contributed by atoms with Gasteiger partial charge in [-0.05, 0) is 74.7 Å². The van der Waals surface area contributed by atoms with E-state index in [9.17, 15) is 0 Å². The third-order valence-corrected chi connectivity index (χ3v) is 7.38. The highest BCUT2D eigenvalue weighted by Gasteiger charge is 2.30. The van der Waals surface area contributed by atoms with Gasteiger partial charge in [-0.1, -0.05) is 81.7 Å². The number of unbranched alkanes of at least 4 members (excludes halogenated alkanes) is 1. The molecule has 2 aliphatic carbocycles. The van der Waals surface area contributed by atoms with Crippen LogP contribution in [0.3, 0.4) is 0 Å². The average molecular weight is 341 g/mol. The van der Waals surface area contributed by atoms with Crippen molar-refractivity contribution in [3.05, 3.63) is 35.4 Å². The Bertz CT molecular complexity index is 469. The maximum atomic E-state index is 2.34. The SMILES string of the molecule is CCCCC1CCC(C2CCC(CCc3ccc(C)cc3)CC2)CC1. The lowest BCUT2D eigenvalue weighted by atomic mass is 9.68. The van der Waals surface area contributed by atoms with Crippen molar-refractivity contribution in [1.29, 1.82) is 0 Å². The van der Waals surface area contributed by atoms with Gasteiger partial charge in [0.25, 0.3) is 0 Å². The summed E-state index contributed by atoms with van der Waals surface area (Å²) in [5, 5.41) is 0. The fraction of sp³-hybridized carbons (Fsp3) is 0.760. The predicted octanol–water partition coefficient (Wildman–Crippen LogP) is 7.73. The van der Waals surface area contributed by atoms with Gasteiger partial charge in [0.15, 0.2) is 0 Å². The van der Waals surface area contributed by atoms with Crippen LogP contribution in [0.1, 0.15) is 95.1 Å².